The first-order chi connectivity index (χ1) is 11.9. The SMILES string of the molecule is Cc1c(Cl)cccc1NC(=O)COC(=O)c1cccc(OC(F)F)c1. The van der Waals surface area contributed by atoms with Crippen molar-refractivity contribution in [3.63, 3.8) is 0 Å². The number of amides is 1. The second-order valence-electron chi connectivity index (χ2n) is 4.94. The maximum atomic E-state index is 12.2. The standard InChI is InChI=1S/C17H14ClF2NO4/c1-10-13(18)6-3-7-14(10)21-15(22)9-24-16(23)11-4-2-5-12(8-11)25-17(19)20/h2-8,17H,9H2,1H3,(H,21,22). The Morgan fingerprint density at radius 2 is 1.92 bits per heavy atom. The summed E-state index contributed by atoms with van der Waals surface area (Å²) in [5.41, 5.74) is 1.17. The average Bonchev–Trinajstić information content (AvgIpc) is 2.56. The van der Waals surface area contributed by atoms with Gasteiger partial charge < -0.3 is 14.8 Å². The van der Waals surface area contributed by atoms with Crippen LogP contribution < -0.4 is 10.1 Å². The molecule has 0 aliphatic carbocycles. The minimum atomic E-state index is -3.00. The van der Waals surface area contributed by atoms with Crippen molar-refractivity contribution in [2.24, 2.45) is 0 Å². The number of halogens is 3. The van der Waals surface area contributed by atoms with Crippen LogP contribution in [0.15, 0.2) is 42.5 Å². The van der Waals surface area contributed by atoms with E-state index in [9.17, 15) is 18.4 Å². The van der Waals surface area contributed by atoms with Gasteiger partial charge in [0.2, 0.25) is 0 Å². The zero-order valence-electron chi connectivity index (χ0n) is 13.1. The number of benzene rings is 2. The van der Waals surface area contributed by atoms with Gasteiger partial charge in [0.15, 0.2) is 6.61 Å². The number of hydrogen-bond donors (Lipinski definition) is 1. The molecule has 0 saturated carbocycles. The van der Waals surface area contributed by atoms with Crippen molar-refractivity contribution >= 4 is 29.2 Å². The van der Waals surface area contributed by atoms with Crippen LogP contribution in [0.5, 0.6) is 5.75 Å². The Morgan fingerprint density at radius 3 is 2.64 bits per heavy atom. The molecule has 25 heavy (non-hydrogen) atoms. The first-order valence-electron chi connectivity index (χ1n) is 7.14. The van der Waals surface area contributed by atoms with Crippen LogP contribution in [-0.4, -0.2) is 25.1 Å². The molecule has 2 aromatic carbocycles. The molecule has 132 valence electrons. The molecule has 0 heterocycles. The third-order valence-corrected chi connectivity index (χ3v) is 3.58. The summed E-state index contributed by atoms with van der Waals surface area (Å²) >= 11 is 5.95. The predicted octanol–water partition coefficient (Wildman–Crippen LogP) is 4.05. The van der Waals surface area contributed by atoms with Crippen LogP contribution in [0.2, 0.25) is 5.02 Å². The molecule has 0 radical (unpaired) electrons. The Kier molecular flexibility index (Phi) is 6.30. The lowest BCUT2D eigenvalue weighted by Crippen LogP contribution is -2.21. The van der Waals surface area contributed by atoms with Gasteiger partial charge in [-0.25, -0.2) is 4.79 Å². The molecule has 0 atom stereocenters. The van der Waals surface area contributed by atoms with E-state index in [-0.39, 0.29) is 11.3 Å². The van der Waals surface area contributed by atoms with Crippen molar-refractivity contribution in [1.82, 2.24) is 0 Å². The van der Waals surface area contributed by atoms with E-state index in [1.54, 1.807) is 25.1 Å². The van der Waals surface area contributed by atoms with E-state index >= 15 is 0 Å². The fraction of sp³-hybridized carbons (Fsp3) is 0.176. The number of esters is 1. The molecular weight excluding hydrogens is 356 g/mol. The zero-order chi connectivity index (χ0) is 18.4. The Hall–Kier alpha value is -2.67. The molecule has 0 unspecified atom stereocenters. The summed E-state index contributed by atoms with van der Waals surface area (Å²) in [6, 6.07) is 10.1. The van der Waals surface area contributed by atoms with Gasteiger partial charge in [-0.3, -0.25) is 4.79 Å². The number of hydrogen-bond acceptors (Lipinski definition) is 4. The van der Waals surface area contributed by atoms with E-state index in [4.69, 9.17) is 16.3 Å². The van der Waals surface area contributed by atoms with Gasteiger partial charge in [0, 0.05) is 10.7 Å². The van der Waals surface area contributed by atoms with Crippen molar-refractivity contribution in [1.29, 1.82) is 0 Å². The molecule has 1 amide bonds. The number of ether oxygens (including phenoxy) is 2. The van der Waals surface area contributed by atoms with Crippen LogP contribution >= 0.6 is 11.6 Å². The van der Waals surface area contributed by atoms with Gasteiger partial charge in [0.1, 0.15) is 5.75 Å². The molecule has 0 spiro atoms. The second-order valence-corrected chi connectivity index (χ2v) is 5.35. The largest absolute Gasteiger partial charge is 0.452 e. The van der Waals surface area contributed by atoms with E-state index in [0.717, 1.165) is 6.07 Å². The van der Waals surface area contributed by atoms with Crippen LogP contribution in [0.3, 0.4) is 0 Å². The molecule has 0 saturated heterocycles. The molecule has 8 heteroatoms. The molecule has 5 nitrogen and oxygen atoms in total. The molecule has 0 fully saturated rings. The van der Waals surface area contributed by atoms with E-state index < -0.39 is 25.1 Å². The highest BCUT2D eigenvalue weighted by Crippen LogP contribution is 2.23. The molecular formula is C17H14ClF2NO4. The van der Waals surface area contributed by atoms with Gasteiger partial charge in [-0.05, 0) is 42.8 Å². The highest BCUT2D eigenvalue weighted by Gasteiger charge is 2.13. The smallest absolute Gasteiger partial charge is 0.387 e. The molecule has 1 N–H and O–H groups in total. The predicted molar refractivity (Wildman–Crippen MR) is 88.2 cm³/mol. The van der Waals surface area contributed by atoms with Crippen LogP contribution in [0.4, 0.5) is 14.5 Å². The van der Waals surface area contributed by atoms with Crippen molar-refractivity contribution in [2.45, 2.75) is 13.5 Å². The number of anilines is 1. The van der Waals surface area contributed by atoms with E-state index in [1.807, 2.05) is 0 Å². The summed E-state index contributed by atoms with van der Waals surface area (Å²) in [4.78, 5) is 23.8. The lowest BCUT2D eigenvalue weighted by atomic mass is 10.2. The quantitative estimate of drug-likeness (QED) is 0.780. The number of carbonyl (C=O) groups is 2. The topological polar surface area (TPSA) is 64.6 Å². The van der Waals surface area contributed by atoms with Crippen molar-refractivity contribution in [2.75, 3.05) is 11.9 Å². The number of rotatable bonds is 6. The lowest BCUT2D eigenvalue weighted by Gasteiger charge is -2.10. The molecule has 0 bridgehead atoms. The maximum Gasteiger partial charge on any atom is 0.387 e. The first kappa shape index (κ1) is 18.7. The van der Waals surface area contributed by atoms with Crippen molar-refractivity contribution in [3.8, 4) is 5.75 Å². The first-order valence-corrected chi connectivity index (χ1v) is 7.51. The summed E-state index contributed by atoms with van der Waals surface area (Å²) in [5, 5.41) is 3.06. The van der Waals surface area contributed by atoms with Crippen molar-refractivity contribution < 1.29 is 27.8 Å². The maximum absolute atomic E-state index is 12.2. The summed E-state index contributed by atoms with van der Waals surface area (Å²) in [7, 11) is 0. The molecule has 2 aromatic rings. The summed E-state index contributed by atoms with van der Waals surface area (Å²) in [5.74, 6) is -1.57. The molecule has 2 rings (SSSR count). The van der Waals surface area contributed by atoms with Crippen LogP contribution in [0, 0.1) is 6.92 Å². The number of nitrogens with one attached hydrogen (secondary N) is 1. The molecule has 0 aliphatic rings. The summed E-state index contributed by atoms with van der Waals surface area (Å²) < 4.78 is 33.4. The van der Waals surface area contributed by atoms with Gasteiger partial charge in [-0.1, -0.05) is 23.7 Å². The van der Waals surface area contributed by atoms with Gasteiger partial charge in [-0.15, -0.1) is 0 Å². The second kappa shape index (κ2) is 8.43. The van der Waals surface area contributed by atoms with Gasteiger partial charge in [0.25, 0.3) is 5.91 Å². The van der Waals surface area contributed by atoms with Crippen LogP contribution in [-0.2, 0) is 9.53 Å². The third-order valence-electron chi connectivity index (χ3n) is 3.17. The Labute approximate surface area is 147 Å². The minimum Gasteiger partial charge on any atom is -0.452 e. The van der Waals surface area contributed by atoms with E-state index in [1.165, 1.54) is 18.2 Å². The molecule has 0 aliphatic heterocycles. The normalized spacial score (nSPS) is 10.4. The third kappa shape index (κ3) is 5.42. The van der Waals surface area contributed by atoms with E-state index in [2.05, 4.69) is 10.1 Å². The Bertz CT molecular complexity index is 783. The number of carbonyl (C=O) groups excluding carboxylic acids is 2. The fourth-order valence-electron chi connectivity index (χ4n) is 1.94. The Morgan fingerprint density at radius 1 is 1.20 bits per heavy atom. The lowest BCUT2D eigenvalue weighted by molar-refractivity contribution is -0.119. The van der Waals surface area contributed by atoms with Gasteiger partial charge >= 0.3 is 12.6 Å². The highest BCUT2D eigenvalue weighted by atomic mass is 35.5. The van der Waals surface area contributed by atoms with Crippen LogP contribution in [0.1, 0.15) is 15.9 Å². The zero-order valence-corrected chi connectivity index (χ0v) is 13.8. The van der Waals surface area contributed by atoms with Gasteiger partial charge in [0.05, 0.1) is 5.56 Å². The molecule has 0 aromatic heterocycles. The van der Waals surface area contributed by atoms with E-state index in [0.29, 0.717) is 16.3 Å². The Balaban J connectivity index is 1.93. The fourth-order valence-corrected chi connectivity index (χ4v) is 2.12. The monoisotopic (exact) mass is 369 g/mol. The summed E-state index contributed by atoms with van der Waals surface area (Å²) in [6.45, 7) is -1.80. The van der Waals surface area contributed by atoms with Crippen molar-refractivity contribution in [3.05, 3.63) is 58.6 Å². The average molecular weight is 370 g/mol. The van der Waals surface area contributed by atoms with Gasteiger partial charge in [-0.2, -0.15) is 8.78 Å². The minimum absolute atomic E-state index is 0.00936. The summed E-state index contributed by atoms with van der Waals surface area (Å²) in [6.07, 6.45) is 0. The highest BCUT2D eigenvalue weighted by molar-refractivity contribution is 6.31. The number of alkyl halides is 2. The van der Waals surface area contributed by atoms with Crippen LogP contribution in [0.25, 0.3) is 0 Å².